The molecule has 110 valence electrons. The van der Waals surface area contributed by atoms with Crippen LogP contribution < -0.4 is 10.1 Å². The highest BCUT2D eigenvalue weighted by atomic mass is 32.1. The zero-order valence-electron chi connectivity index (χ0n) is 11.9. The van der Waals surface area contributed by atoms with Crippen LogP contribution in [0, 0.1) is 0 Å². The fraction of sp³-hybridized carbons (Fsp3) is 0.0588. The van der Waals surface area contributed by atoms with Crippen LogP contribution in [0.15, 0.2) is 59.4 Å². The number of benzene rings is 1. The van der Waals surface area contributed by atoms with Gasteiger partial charge in [0.05, 0.1) is 12.8 Å². The van der Waals surface area contributed by atoms with Gasteiger partial charge in [0.15, 0.2) is 0 Å². The summed E-state index contributed by atoms with van der Waals surface area (Å²) in [6.07, 6.45) is 1.65. The fourth-order valence-electron chi connectivity index (χ4n) is 2.04. The number of pyridine rings is 1. The topological polar surface area (TPSA) is 51.2 Å². The molecule has 0 unspecified atom stereocenters. The van der Waals surface area contributed by atoms with Crippen LogP contribution in [0.4, 0.5) is 5.69 Å². The van der Waals surface area contributed by atoms with Gasteiger partial charge in [0, 0.05) is 34.5 Å². The Balaban J connectivity index is 1.81. The lowest BCUT2D eigenvalue weighted by Crippen LogP contribution is -2.12. The van der Waals surface area contributed by atoms with E-state index in [2.05, 4.69) is 10.3 Å². The SMILES string of the molecule is COc1cccc(NC(=O)c2ccnc(-c3ccsc3)c2)c1. The normalized spacial score (nSPS) is 10.2. The number of amides is 1. The minimum absolute atomic E-state index is 0.174. The number of ether oxygens (including phenoxy) is 1. The molecule has 0 fully saturated rings. The predicted molar refractivity (Wildman–Crippen MR) is 88.5 cm³/mol. The highest BCUT2D eigenvalue weighted by Gasteiger charge is 2.09. The van der Waals surface area contributed by atoms with Crippen molar-refractivity contribution in [2.24, 2.45) is 0 Å². The first-order valence-electron chi connectivity index (χ1n) is 6.70. The Morgan fingerprint density at radius 3 is 2.91 bits per heavy atom. The van der Waals surface area contributed by atoms with E-state index in [0.29, 0.717) is 17.0 Å². The summed E-state index contributed by atoms with van der Waals surface area (Å²) >= 11 is 1.60. The number of rotatable bonds is 4. The molecule has 1 amide bonds. The number of hydrogen-bond acceptors (Lipinski definition) is 4. The molecule has 0 spiro atoms. The van der Waals surface area contributed by atoms with E-state index in [1.807, 2.05) is 35.0 Å². The van der Waals surface area contributed by atoms with Gasteiger partial charge >= 0.3 is 0 Å². The molecule has 5 heteroatoms. The Morgan fingerprint density at radius 1 is 1.23 bits per heavy atom. The van der Waals surface area contributed by atoms with Crippen molar-refractivity contribution < 1.29 is 9.53 Å². The Bertz CT molecular complexity index is 785. The summed E-state index contributed by atoms with van der Waals surface area (Å²) in [5.41, 5.74) is 3.07. The minimum atomic E-state index is -0.174. The van der Waals surface area contributed by atoms with E-state index in [-0.39, 0.29) is 5.91 Å². The van der Waals surface area contributed by atoms with E-state index in [9.17, 15) is 4.79 Å². The summed E-state index contributed by atoms with van der Waals surface area (Å²) in [7, 11) is 1.59. The summed E-state index contributed by atoms with van der Waals surface area (Å²) in [5, 5.41) is 6.85. The fourth-order valence-corrected chi connectivity index (χ4v) is 2.69. The van der Waals surface area contributed by atoms with Crippen LogP contribution in [-0.4, -0.2) is 18.0 Å². The number of thiophene rings is 1. The van der Waals surface area contributed by atoms with E-state index >= 15 is 0 Å². The van der Waals surface area contributed by atoms with Gasteiger partial charge in [0.1, 0.15) is 5.75 Å². The third kappa shape index (κ3) is 3.15. The molecule has 0 saturated carbocycles. The Morgan fingerprint density at radius 2 is 2.14 bits per heavy atom. The molecule has 0 aliphatic carbocycles. The minimum Gasteiger partial charge on any atom is -0.497 e. The molecule has 0 aliphatic heterocycles. The Hall–Kier alpha value is -2.66. The van der Waals surface area contributed by atoms with Crippen LogP contribution in [0.5, 0.6) is 5.75 Å². The lowest BCUT2D eigenvalue weighted by molar-refractivity contribution is 0.102. The first kappa shape index (κ1) is 14.3. The second-order valence-corrected chi connectivity index (χ2v) is 5.41. The average molecular weight is 310 g/mol. The van der Waals surface area contributed by atoms with Crippen molar-refractivity contribution in [1.82, 2.24) is 4.98 Å². The molecular weight excluding hydrogens is 296 g/mol. The zero-order valence-corrected chi connectivity index (χ0v) is 12.8. The highest BCUT2D eigenvalue weighted by molar-refractivity contribution is 7.08. The molecule has 0 aliphatic rings. The van der Waals surface area contributed by atoms with Crippen molar-refractivity contribution in [3.8, 4) is 17.0 Å². The number of aromatic nitrogens is 1. The molecule has 0 saturated heterocycles. The molecule has 22 heavy (non-hydrogen) atoms. The molecule has 1 aromatic carbocycles. The van der Waals surface area contributed by atoms with Crippen molar-refractivity contribution in [3.05, 3.63) is 65.0 Å². The lowest BCUT2D eigenvalue weighted by Gasteiger charge is -2.07. The van der Waals surface area contributed by atoms with Gasteiger partial charge in [-0.05, 0) is 35.7 Å². The van der Waals surface area contributed by atoms with Crippen molar-refractivity contribution >= 4 is 22.9 Å². The van der Waals surface area contributed by atoms with Crippen molar-refractivity contribution in [2.75, 3.05) is 12.4 Å². The molecular formula is C17H14N2O2S. The maximum atomic E-state index is 12.4. The first-order valence-corrected chi connectivity index (χ1v) is 7.64. The van der Waals surface area contributed by atoms with Gasteiger partial charge in [-0.2, -0.15) is 11.3 Å². The number of anilines is 1. The van der Waals surface area contributed by atoms with Gasteiger partial charge in [-0.25, -0.2) is 0 Å². The van der Waals surface area contributed by atoms with Gasteiger partial charge in [-0.3, -0.25) is 9.78 Å². The van der Waals surface area contributed by atoms with Crippen molar-refractivity contribution in [2.45, 2.75) is 0 Å². The summed E-state index contributed by atoms with van der Waals surface area (Å²) in [6.45, 7) is 0. The van der Waals surface area contributed by atoms with Crippen molar-refractivity contribution in [1.29, 1.82) is 0 Å². The van der Waals surface area contributed by atoms with E-state index in [1.54, 1.807) is 42.8 Å². The molecule has 0 radical (unpaired) electrons. The Kier molecular flexibility index (Phi) is 4.16. The van der Waals surface area contributed by atoms with Gasteiger partial charge < -0.3 is 10.1 Å². The average Bonchev–Trinajstić information content (AvgIpc) is 3.09. The molecule has 3 rings (SSSR count). The molecule has 4 nitrogen and oxygen atoms in total. The third-order valence-corrected chi connectivity index (χ3v) is 3.85. The quantitative estimate of drug-likeness (QED) is 0.790. The number of nitrogens with zero attached hydrogens (tertiary/aromatic N) is 1. The third-order valence-electron chi connectivity index (χ3n) is 3.17. The maximum absolute atomic E-state index is 12.4. The van der Waals surface area contributed by atoms with E-state index in [4.69, 9.17) is 4.74 Å². The van der Waals surface area contributed by atoms with Crippen molar-refractivity contribution in [3.63, 3.8) is 0 Å². The molecule has 0 bridgehead atoms. The first-order chi connectivity index (χ1) is 10.8. The van der Waals surface area contributed by atoms with E-state index < -0.39 is 0 Å². The van der Waals surface area contributed by atoms with Crippen LogP contribution in [0.1, 0.15) is 10.4 Å². The smallest absolute Gasteiger partial charge is 0.255 e. The summed E-state index contributed by atoms with van der Waals surface area (Å²) < 4.78 is 5.15. The van der Waals surface area contributed by atoms with Gasteiger partial charge in [0.25, 0.3) is 5.91 Å². The molecule has 0 atom stereocenters. The van der Waals surface area contributed by atoms with Gasteiger partial charge in [0.2, 0.25) is 0 Å². The van der Waals surface area contributed by atoms with Crippen LogP contribution >= 0.6 is 11.3 Å². The largest absolute Gasteiger partial charge is 0.497 e. The molecule has 2 heterocycles. The number of carbonyl (C=O) groups excluding carboxylic acids is 1. The standard InChI is InChI=1S/C17H14N2O2S/c1-21-15-4-2-3-14(10-15)19-17(20)12-5-7-18-16(9-12)13-6-8-22-11-13/h2-11H,1H3,(H,19,20). The predicted octanol–water partition coefficient (Wildman–Crippen LogP) is 4.07. The van der Waals surface area contributed by atoms with Gasteiger partial charge in [-0.1, -0.05) is 6.07 Å². The second kappa shape index (κ2) is 6.41. The van der Waals surface area contributed by atoms with E-state index in [0.717, 1.165) is 11.3 Å². The second-order valence-electron chi connectivity index (χ2n) is 4.63. The molecule has 2 aromatic heterocycles. The van der Waals surface area contributed by atoms with Crippen LogP contribution in [-0.2, 0) is 0 Å². The maximum Gasteiger partial charge on any atom is 0.255 e. The van der Waals surface area contributed by atoms with Crippen LogP contribution in [0.3, 0.4) is 0 Å². The number of methoxy groups -OCH3 is 1. The molecule has 3 aromatic rings. The molecule has 1 N–H and O–H groups in total. The summed E-state index contributed by atoms with van der Waals surface area (Å²) in [6, 6.07) is 12.7. The summed E-state index contributed by atoms with van der Waals surface area (Å²) in [4.78, 5) is 16.7. The highest BCUT2D eigenvalue weighted by Crippen LogP contribution is 2.22. The number of nitrogens with one attached hydrogen (secondary N) is 1. The number of hydrogen-bond donors (Lipinski definition) is 1. The van der Waals surface area contributed by atoms with E-state index in [1.165, 1.54) is 0 Å². The number of carbonyl (C=O) groups is 1. The monoisotopic (exact) mass is 310 g/mol. The lowest BCUT2D eigenvalue weighted by atomic mass is 10.1. The Labute approximate surface area is 132 Å². The van der Waals surface area contributed by atoms with Crippen LogP contribution in [0.2, 0.25) is 0 Å². The van der Waals surface area contributed by atoms with Gasteiger partial charge in [-0.15, -0.1) is 0 Å². The summed E-state index contributed by atoms with van der Waals surface area (Å²) in [5.74, 6) is 0.527. The zero-order chi connectivity index (χ0) is 15.4. The van der Waals surface area contributed by atoms with Crippen LogP contribution in [0.25, 0.3) is 11.3 Å².